The minimum atomic E-state index is 0.0289. The summed E-state index contributed by atoms with van der Waals surface area (Å²) in [5, 5.41) is 19.5. The summed E-state index contributed by atoms with van der Waals surface area (Å²) in [6.07, 6.45) is 10.1. The van der Waals surface area contributed by atoms with Crippen LogP contribution in [0.15, 0.2) is 12.1 Å². The van der Waals surface area contributed by atoms with Gasteiger partial charge in [-0.1, -0.05) is 59.8 Å². The first-order valence-electron chi connectivity index (χ1n) is 14.9. The molecule has 1 atom stereocenters. The molecule has 7 nitrogen and oxygen atoms in total. The van der Waals surface area contributed by atoms with Crippen LogP contribution in [0.5, 0.6) is 11.5 Å². The SMILES string of the molecule is CCCCCc1cc(O)c(CC[C@@H](C)CCCC(C)C)c(OCCOCCOCCOCCOCCO)c1. The molecule has 0 aromatic heterocycles. The Morgan fingerprint density at radius 3 is 1.87 bits per heavy atom. The highest BCUT2D eigenvalue weighted by Crippen LogP contribution is 2.33. The van der Waals surface area contributed by atoms with Crippen LogP contribution in [0, 0.1) is 11.8 Å². The van der Waals surface area contributed by atoms with Gasteiger partial charge in [-0.2, -0.15) is 0 Å². The zero-order valence-corrected chi connectivity index (χ0v) is 24.7. The number of unbranched alkanes of at least 4 members (excludes halogenated alkanes) is 2. The molecule has 0 saturated heterocycles. The van der Waals surface area contributed by atoms with Gasteiger partial charge in [0.1, 0.15) is 18.1 Å². The largest absolute Gasteiger partial charge is 0.508 e. The fraction of sp³-hybridized carbons (Fsp3) is 0.806. The number of aliphatic hydroxyl groups is 1. The van der Waals surface area contributed by atoms with E-state index in [0.29, 0.717) is 71.1 Å². The van der Waals surface area contributed by atoms with E-state index in [0.717, 1.165) is 48.5 Å². The topological polar surface area (TPSA) is 86.6 Å². The van der Waals surface area contributed by atoms with Crippen molar-refractivity contribution < 1.29 is 33.9 Å². The maximum Gasteiger partial charge on any atom is 0.126 e. The number of ether oxygens (including phenoxy) is 5. The van der Waals surface area contributed by atoms with Gasteiger partial charge in [0.15, 0.2) is 0 Å². The molecule has 0 aliphatic rings. The molecular formula is C31H56O7. The second kappa shape index (κ2) is 23.5. The van der Waals surface area contributed by atoms with E-state index in [4.69, 9.17) is 28.8 Å². The van der Waals surface area contributed by atoms with Crippen LogP contribution in [0.3, 0.4) is 0 Å². The summed E-state index contributed by atoms with van der Waals surface area (Å²) in [7, 11) is 0. The Balaban J connectivity index is 2.40. The first-order valence-corrected chi connectivity index (χ1v) is 14.9. The number of aliphatic hydroxyl groups excluding tert-OH is 1. The molecule has 1 aromatic carbocycles. The van der Waals surface area contributed by atoms with Crippen LogP contribution >= 0.6 is 0 Å². The molecule has 0 heterocycles. The van der Waals surface area contributed by atoms with E-state index < -0.39 is 0 Å². The number of hydrogen-bond acceptors (Lipinski definition) is 7. The number of phenols is 1. The molecule has 0 amide bonds. The predicted molar refractivity (Wildman–Crippen MR) is 153 cm³/mol. The molecule has 0 saturated carbocycles. The summed E-state index contributed by atoms with van der Waals surface area (Å²) in [6, 6.07) is 4.05. The molecular weight excluding hydrogens is 484 g/mol. The minimum Gasteiger partial charge on any atom is -0.508 e. The molecule has 2 N–H and O–H groups in total. The lowest BCUT2D eigenvalue weighted by Gasteiger charge is -2.17. The number of aromatic hydroxyl groups is 1. The van der Waals surface area contributed by atoms with Crippen LogP contribution in [-0.4, -0.2) is 76.3 Å². The van der Waals surface area contributed by atoms with Crippen molar-refractivity contribution in [3.8, 4) is 11.5 Å². The zero-order valence-electron chi connectivity index (χ0n) is 24.7. The summed E-state index contributed by atoms with van der Waals surface area (Å²) in [5.41, 5.74) is 2.06. The molecule has 0 aliphatic heterocycles. The van der Waals surface area contributed by atoms with Crippen molar-refractivity contribution in [1.82, 2.24) is 0 Å². The molecule has 222 valence electrons. The van der Waals surface area contributed by atoms with Crippen molar-refractivity contribution in [3.63, 3.8) is 0 Å². The molecule has 1 aromatic rings. The average Bonchev–Trinajstić information content (AvgIpc) is 2.88. The first kappa shape index (κ1) is 34.6. The molecule has 38 heavy (non-hydrogen) atoms. The van der Waals surface area contributed by atoms with E-state index in [1.54, 1.807) is 0 Å². The number of rotatable bonds is 26. The van der Waals surface area contributed by atoms with Gasteiger partial charge in [-0.3, -0.25) is 0 Å². The fourth-order valence-corrected chi connectivity index (χ4v) is 4.24. The molecule has 7 heteroatoms. The number of hydrogen-bond donors (Lipinski definition) is 2. The molecule has 0 radical (unpaired) electrons. The highest BCUT2D eigenvalue weighted by Gasteiger charge is 2.14. The molecule has 0 aliphatic carbocycles. The second-order valence-electron chi connectivity index (χ2n) is 10.5. The number of aryl methyl sites for hydroxylation is 1. The molecule has 0 fully saturated rings. The Bertz CT molecular complexity index is 680. The third-order valence-corrected chi connectivity index (χ3v) is 6.52. The lowest BCUT2D eigenvalue weighted by atomic mass is 9.93. The molecule has 0 bridgehead atoms. The Kier molecular flexibility index (Phi) is 21.4. The fourth-order valence-electron chi connectivity index (χ4n) is 4.24. The van der Waals surface area contributed by atoms with Crippen LogP contribution in [0.25, 0.3) is 0 Å². The molecule has 0 spiro atoms. The summed E-state index contributed by atoms with van der Waals surface area (Å²) in [4.78, 5) is 0. The second-order valence-corrected chi connectivity index (χ2v) is 10.5. The highest BCUT2D eigenvalue weighted by molar-refractivity contribution is 5.47. The van der Waals surface area contributed by atoms with Crippen LogP contribution in [0.2, 0.25) is 0 Å². The summed E-state index contributed by atoms with van der Waals surface area (Å²) >= 11 is 0. The van der Waals surface area contributed by atoms with Crippen molar-refractivity contribution >= 4 is 0 Å². The van der Waals surface area contributed by atoms with Gasteiger partial charge in [0.25, 0.3) is 0 Å². The van der Waals surface area contributed by atoms with Gasteiger partial charge in [-0.05, 0) is 55.2 Å². The summed E-state index contributed by atoms with van der Waals surface area (Å²) in [5.74, 6) is 2.53. The minimum absolute atomic E-state index is 0.0289. The van der Waals surface area contributed by atoms with E-state index in [1.165, 1.54) is 32.1 Å². The Hall–Kier alpha value is -1.38. The van der Waals surface area contributed by atoms with Crippen LogP contribution < -0.4 is 4.74 Å². The van der Waals surface area contributed by atoms with Crippen molar-refractivity contribution in [1.29, 1.82) is 0 Å². The third-order valence-electron chi connectivity index (χ3n) is 6.52. The van der Waals surface area contributed by atoms with Crippen molar-refractivity contribution in [2.45, 2.75) is 85.5 Å². The quantitative estimate of drug-likeness (QED) is 0.140. The smallest absolute Gasteiger partial charge is 0.126 e. The van der Waals surface area contributed by atoms with Gasteiger partial charge in [-0.25, -0.2) is 0 Å². The van der Waals surface area contributed by atoms with Crippen molar-refractivity contribution in [3.05, 3.63) is 23.3 Å². The number of phenolic OH excluding ortho intramolecular Hbond substituents is 1. The highest BCUT2D eigenvalue weighted by atomic mass is 16.6. The summed E-state index contributed by atoms with van der Waals surface area (Å²) < 4.78 is 27.8. The van der Waals surface area contributed by atoms with Crippen molar-refractivity contribution in [2.24, 2.45) is 11.8 Å². The van der Waals surface area contributed by atoms with Gasteiger partial charge < -0.3 is 33.9 Å². The van der Waals surface area contributed by atoms with E-state index >= 15 is 0 Å². The third kappa shape index (κ3) is 18.0. The van der Waals surface area contributed by atoms with Gasteiger partial charge >= 0.3 is 0 Å². The van der Waals surface area contributed by atoms with Gasteiger partial charge in [0.05, 0.1) is 59.5 Å². The van der Waals surface area contributed by atoms with E-state index in [1.807, 2.05) is 6.07 Å². The van der Waals surface area contributed by atoms with Crippen molar-refractivity contribution in [2.75, 3.05) is 66.1 Å². The monoisotopic (exact) mass is 540 g/mol. The first-order chi connectivity index (χ1) is 18.5. The predicted octanol–water partition coefficient (Wildman–Crippen LogP) is 5.96. The standard InChI is InChI=1S/C31H56O7/c1-5-6-7-11-28-24-30(33)29(13-12-27(4)10-8-9-26(2)3)31(25-28)38-23-22-37-21-20-36-19-18-35-17-16-34-15-14-32/h24-27,32-33H,5-23H2,1-4H3/t27-/m0/s1. The Morgan fingerprint density at radius 2 is 1.29 bits per heavy atom. The lowest BCUT2D eigenvalue weighted by Crippen LogP contribution is -2.14. The van der Waals surface area contributed by atoms with Crippen LogP contribution in [0.4, 0.5) is 0 Å². The van der Waals surface area contributed by atoms with E-state index in [-0.39, 0.29) is 6.61 Å². The Morgan fingerprint density at radius 1 is 0.684 bits per heavy atom. The van der Waals surface area contributed by atoms with Gasteiger partial charge in [-0.15, -0.1) is 0 Å². The van der Waals surface area contributed by atoms with E-state index in [2.05, 4.69) is 33.8 Å². The molecule has 1 rings (SSSR count). The zero-order chi connectivity index (χ0) is 27.8. The lowest BCUT2D eigenvalue weighted by molar-refractivity contribution is -0.00782. The summed E-state index contributed by atoms with van der Waals surface area (Å²) in [6.45, 7) is 13.3. The maximum atomic E-state index is 10.9. The van der Waals surface area contributed by atoms with E-state index in [9.17, 15) is 5.11 Å². The maximum absolute atomic E-state index is 10.9. The van der Waals surface area contributed by atoms with Gasteiger partial charge in [0.2, 0.25) is 0 Å². The average molecular weight is 541 g/mol. The van der Waals surface area contributed by atoms with Crippen LogP contribution in [-0.2, 0) is 31.8 Å². The van der Waals surface area contributed by atoms with Crippen LogP contribution in [0.1, 0.15) is 83.8 Å². The number of benzene rings is 1. The normalized spacial score (nSPS) is 12.4. The van der Waals surface area contributed by atoms with Gasteiger partial charge in [0, 0.05) is 5.56 Å². The Labute approximate surface area is 232 Å². The molecule has 0 unspecified atom stereocenters.